The van der Waals surface area contributed by atoms with E-state index in [1.807, 2.05) is 0 Å². The summed E-state index contributed by atoms with van der Waals surface area (Å²) in [5.74, 6) is 0.0588. The highest BCUT2D eigenvalue weighted by Gasteiger charge is 2.43. The molecule has 1 saturated heterocycles. The molecular weight excluding hydrogens is 268 g/mol. The van der Waals surface area contributed by atoms with Crippen molar-refractivity contribution in [1.82, 2.24) is 14.1 Å². The molecule has 1 aliphatic heterocycles. The van der Waals surface area contributed by atoms with Crippen molar-refractivity contribution in [2.75, 3.05) is 18.9 Å². The first-order valence-corrected chi connectivity index (χ1v) is 7.87. The first-order chi connectivity index (χ1) is 9.00. The molecule has 2 unspecified atom stereocenters. The molecule has 1 aliphatic carbocycles. The number of rotatable bonds is 2. The fourth-order valence-electron chi connectivity index (χ4n) is 3.00. The Labute approximate surface area is 112 Å². The van der Waals surface area contributed by atoms with E-state index in [2.05, 4.69) is 5.10 Å². The number of fused-ring (bicyclic) bond motifs is 1. The number of nitrogen functional groups attached to an aromatic ring is 1. The van der Waals surface area contributed by atoms with Gasteiger partial charge in [-0.1, -0.05) is 0 Å². The zero-order chi connectivity index (χ0) is 13.6. The highest BCUT2D eigenvalue weighted by atomic mass is 32.2. The van der Waals surface area contributed by atoms with Gasteiger partial charge in [-0.2, -0.15) is 9.40 Å². The molecule has 0 aromatic carbocycles. The van der Waals surface area contributed by atoms with Crippen LogP contribution >= 0.6 is 0 Å². The predicted octanol–water partition coefficient (Wildman–Crippen LogP) is -0.0557. The number of nitrogens with two attached hydrogens (primary N) is 1. The van der Waals surface area contributed by atoms with Gasteiger partial charge < -0.3 is 10.5 Å². The molecule has 1 aromatic rings. The largest absolute Gasteiger partial charge is 0.381 e. The maximum absolute atomic E-state index is 12.7. The van der Waals surface area contributed by atoms with Crippen molar-refractivity contribution in [3.63, 3.8) is 0 Å². The number of aromatic nitrogens is 2. The van der Waals surface area contributed by atoms with Crippen molar-refractivity contribution in [3.05, 3.63) is 6.20 Å². The van der Waals surface area contributed by atoms with Gasteiger partial charge in [-0.3, -0.25) is 4.68 Å². The van der Waals surface area contributed by atoms with Crippen LogP contribution in [-0.2, 0) is 21.8 Å². The average molecular weight is 286 g/mol. The van der Waals surface area contributed by atoms with Crippen molar-refractivity contribution < 1.29 is 13.2 Å². The molecule has 7 nitrogen and oxygen atoms in total. The summed E-state index contributed by atoms with van der Waals surface area (Å²) in [5.41, 5.74) is 5.70. The number of anilines is 1. The summed E-state index contributed by atoms with van der Waals surface area (Å²) in [6.07, 6.45) is 4.28. The van der Waals surface area contributed by atoms with Crippen LogP contribution in [0.2, 0.25) is 0 Å². The van der Waals surface area contributed by atoms with E-state index in [4.69, 9.17) is 10.5 Å². The smallest absolute Gasteiger partial charge is 0.248 e. The molecule has 8 heteroatoms. The normalized spacial score (nSPS) is 28.5. The molecule has 106 valence electrons. The Morgan fingerprint density at radius 3 is 2.95 bits per heavy atom. The van der Waals surface area contributed by atoms with Gasteiger partial charge in [0, 0.05) is 19.8 Å². The quantitative estimate of drug-likeness (QED) is 0.823. The van der Waals surface area contributed by atoms with Crippen LogP contribution in [0.3, 0.4) is 0 Å². The number of hydrogen-bond donors (Lipinski definition) is 1. The van der Waals surface area contributed by atoms with Crippen LogP contribution in [0.4, 0.5) is 5.82 Å². The van der Waals surface area contributed by atoms with E-state index in [0.717, 1.165) is 19.3 Å². The standard InChI is InChI=1S/C11H18N4O3S/c1-14-7-10(11(12)13-14)19(16,17)15-5-6-18-9-4-2-3-8(9)15/h7-9H,2-6H2,1H3,(H2,12,13). The number of nitrogens with zero attached hydrogens (tertiary/aromatic N) is 3. The van der Waals surface area contributed by atoms with Crippen LogP contribution in [0.5, 0.6) is 0 Å². The minimum absolute atomic E-state index is 0.0291. The van der Waals surface area contributed by atoms with Crippen molar-refractivity contribution in [2.45, 2.75) is 36.3 Å². The van der Waals surface area contributed by atoms with Crippen LogP contribution in [0, 0.1) is 0 Å². The molecule has 2 heterocycles. The molecule has 0 spiro atoms. The Morgan fingerprint density at radius 1 is 1.47 bits per heavy atom. The van der Waals surface area contributed by atoms with Gasteiger partial charge in [-0.25, -0.2) is 8.42 Å². The second-order valence-corrected chi connectivity index (χ2v) is 6.93. The number of morpholine rings is 1. The predicted molar refractivity (Wildman–Crippen MR) is 68.9 cm³/mol. The minimum Gasteiger partial charge on any atom is -0.381 e. The van der Waals surface area contributed by atoms with Crippen molar-refractivity contribution in [3.8, 4) is 0 Å². The third-order valence-electron chi connectivity index (χ3n) is 3.84. The highest BCUT2D eigenvalue weighted by Crippen LogP contribution is 2.34. The lowest BCUT2D eigenvalue weighted by Gasteiger charge is -2.36. The van der Waals surface area contributed by atoms with Gasteiger partial charge >= 0.3 is 0 Å². The Balaban J connectivity index is 1.97. The van der Waals surface area contributed by atoms with Crippen molar-refractivity contribution in [2.24, 2.45) is 7.05 Å². The summed E-state index contributed by atoms with van der Waals surface area (Å²) in [5, 5.41) is 3.92. The third kappa shape index (κ3) is 2.03. The molecule has 2 aliphatic rings. The monoisotopic (exact) mass is 286 g/mol. The molecule has 19 heavy (non-hydrogen) atoms. The topological polar surface area (TPSA) is 90.5 Å². The Bertz CT molecular complexity index is 583. The van der Waals surface area contributed by atoms with E-state index in [1.165, 1.54) is 10.9 Å². The fourth-order valence-corrected chi connectivity index (χ4v) is 4.75. The van der Waals surface area contributed by atoms with E-state index in [1.54, 1.807) is 11.4 Å². The van der Waals surface area contributed by atoms with Gasteiger partial charge in [-0.15, -0.1) is 0 Å². The molecule has 0 radical (unpaired) electrons. The molecule has 0 amide bonds. The van der Waals surface area contributed by atoms with E-state index >= 15 is 0 Å². The fraction of sp³-hybridized carbons (Fsp3) is 0.727. The first-order valence-electron chi connectivity index (χ1n) is 6.43. The van der Waals surface area contributed by atoms with Crippen molar-refractivity contribution in [1.29, 1.82) is 0 Å². The number of sulfonamides is 1. The number of hydrogen-bond acceptors (Lipinski definition) is 5. The van der Waals surface area contributed by atoms with Gasteiger partial charge in [0.2, 0.25) is 10.0 Å². The summed E-state index contributed by atoms with van der Waals surface area (Å²) < 4.78 is 34.0. The molecule has 3 rings (SSSR count). The lowest BCUT2D eigenvalue weighted by atomic mass is 10.2. The molecule has 0 bridgehead atoms. The molecule has 1 saturated carbocycles. The molecular formula is C11H18N4O3S. The van der Waals surface area contributed by atoms with Crippen LogP contribution in [-0.4, -0.2) is 47.8 Å². The Kier molecular flexibility index (Phi) is 3.03. The third-order valence-corrected chi connectivity index (χ3v) is 5.78. The van der Waals surface area contributed by atoms with Gasteiger partial charge in [0.25, 0.3) is 0 Å². The van der Waals surface area contributed by atoms with Crippen LogP contribution in [0.15, 0.2) is 11.1 Å². The maximum atomic E-state index is 12.7. The molecule has 2 atom stereocenters. The zero-order valence-corrected chi connectivity index (χ0v) is 11.6. The lowest BCUT2D eigenvalue weighted by molar-refractivity contribution is -0.0241. The van der Waals surface area contributed by atoms with E-state index in [9.17, 15) is 8.42 Å². The average Bonchev–Trinajstić information content (AvgIpc) is 2.94. The molecule has 1 aromatic heterocycles. The minimum atomic E-state index is -3.58. The van der Waals surface area contributed by atoms with Gasteiger partial charge in [0.15, 0.2) is 5.82 Å². The SMILES string of the molecule is Cn1cc(S(=O)(=O)N2CCOC3CCCC32)c(N)n1. The van der Waals surface area contributed by atoms with E-state index in [-0.39, 0.29) is 22.9 Å². The van der Waals surface area contributed by atoms with Crippen LogP contribution in [0.1, 0.15) is 19.3 Å². The summed E-state index contributed by atoms with van der Waals surface area (Å²) in [4.78, 5) is 0.0996. The summed E-state index contributed by atoms with van der Waals surface area (Å²) in [6, 6.07) is -0.0571. The summed E-state index contributed by atoms with van der Waals surface area (Å²) in [7, 11) is -1.92. The van der Waals surface area contributed by atoms with Gasteiger partial charge in [-0.05, 0) is 19.3 Å². The molecule has 2 N–H and O–H groups in total. The Morgan fingerprint density at radius 2 is 2.26 bits per heavy atom. The lowest BCUT2D eigenvalue weighted by Crippen LogP contribution is -2.51. The Hall–Kier alpha value is -1.12. The highest BCUT2D eigenvalue weighted by molar-refractivity contribution is 7.89. The van der Waals surface area contributed by atoms with Gasteiger partial charge in [0.05, 0.1) is 18.8 Å². The van der Waals surface area contributed by atoms with Crippen LogP contribution < -0.4 is 5.73 Å². The van der Waals surface area contributed by atoms with Crippen LogP contribution in [0.25, 0.3) is 0 Å². The van der Waals surface area contributed by atoms with E-state index < -0.39 is 10.0 Å². The maximum Gasteiger partial charge on any atom is 0.248 e. The molecule has 2 fully saturated rings. The number of ether oxygens (including phenoxy) is 1. The summed E-state index contributed by atoms with van der Waals surface area (Å²) in [6.45, 7) is 0.832. The van der Waals surface area contributed by atoms with Gasteiger partial charge in [0.1, 0.15) is 4.90 Å². The first kappa shape index (κ1) is 12.9. The van der Waals surface area contributed by atoms with Crippen molar-refractivity contribution >= 4 is 15.8 Å². The summed E-state index contributed by atoms with van der Waals surface area (Å²) >= 11 is 0. The second-order valence-electron chi connectivity index (χ2n) is 5.08. The number of aryl methyl sites for hydroxylation is 1. The second kappa shape index (κ2) is 4.46. The zero-order valence-electron chi connectivity index (χ0n) is 10.8. The van der Waals surface area contributed by atoms with E-state index in [0.29, 0.717) is 13.2 Å².